The fourth-order valence-corrected chi connectivity index (χ4v) is 2.02. The van der Waals surface area contributed by atoms with Crippen LogP contribution in [-0.2, 0) is 17.9 Å². The minimum Gasteiger partial charge on any atom is -0.457 e. The molecule has 0 spiro atoms. The number of benzene rings is 2. The molecular formula is C16H15F2NO2. The summed E-state index contributed by atoms with van der Waals surface area (Å²) >= 11 is 0. The molecule has 21 heavy (non-hydrogen) atoms. The molecule has 0 saturated heterocycles. The van der Waals surface area contributed by atoms with E-state index in [1.54, 1.807) is 18.2 Å². The Kier molecular flexibility index (Phi) is 5.00. The Bertz CT molecular complexity index is 615. The quantitative estimate of drug-likeness (QED) is 0.859. The summed E-state index contributed by atoms with van der Waals surface area (Å²) < 4.78 is 31.2. The molecule has 0 aromatic heterocycles. The summed E-state index contributed by atoms with van der Waals surface area (Å²) in [5.41, 5.74) is 6.17. The first-order chi connectivity index (χ1) is 10.1. The molecule has 0 unspecified atom stereocenters. The minimum atomic E-state index is -2.75. The first kappa shape index (κ1) is 15.1. The standard InChI is InChI=1S/C16H15F2NO2/c17-15(18)13-8-4-7-12(9-19)14(13)16(20)21-10-11-5-2-1-3-6-11/h1-8,15H,9-10,19H2. The highest BCUT2D eigenvalue weighted by atomic mass is 19.3. The van der Waals surface area contributed by atoms with E-state index in [1.807, 2.05) is 18.2 Å². The van der Waals surface area contributed by atoms with Gasteiger partial charge in [-0.15, -0.1) is 0 Å². The molecule has 110 valence electrons. The number of carbonyl (C=O) groups is 1. The molecule has 0 aliphatic heterocycles. The summed E-state index contributed by atoms with van der Waals surface area (Å²) in [5, 5.41) is 0. The molecule has 0 fully saturated rings. The normalized spacial score (nSPS) is 10.7. The average Bonchev–Trinajstić information content (AvgIpc) is 2.52. The number of nitrogens with two attached hydrogens (primary N) is 1. The molecule has 2 aromatic carbocycles. The molecule has 0 amide bonds. The topological polar surface area (TPSA) is 52.3 Å². The van der Waals surface area contributed by atoms with E-state index in [0.717, 1.165) is 5.56 Å². The van der Waals surface area contributed by atoms with E-state index in [2.05, 4.69) is 0 Å². The van der Waals surface area contributed by atoms with Gasteiger partial charge in [0, 0.05) is 12.1 Å². The molecule has 2 aromatic rings. The van der Waals surface area contributed by atoms with Gasteiger partial charge in [0.1, 0.15) is 6.61 Å². The van der Waals surface area contributed by atoms with Crippen molar-refractivity contribution in [3.05, 3.63) is 70.8 Å². The number of hydrogen-bond acceptors (Lipinski definition) is 3. The Balaban J connectivity index is 2.22. The van der Waals surface area contributed by atoms with Crippen molar-refractivity contribution in [2.24, 2.45) is 5.73 Å². The maximum Gasteiger partial charge on any atom is 0.339 e. The molecule has 2 rings (SSSR count). The van der Waals surface area contributed by atoms with E-state index in [-0.39, 0.29) is 24.3 Å². The van der Waals surface area contributed by atoms with E-state index in [1.165, 1.54) is 12.1 Å². The first-order valence-electron chi connectivity index (χ1n) is 6.44. The van der Waals surface area contributed by atoms with E-state index in [4.69, 9.17) is 10.5 Å². The van der Waals surface area contributed by atoms with Gasteiger partial charge >= 0.3 is 5.97 Å². The van der Waals surface area contributed by atoms with Crippen LogP contribution in [0.3, 0.4) is 0 Å². The van der Waals surface area contributed by atoms with Crippen LogP contribution in [0, 0.1) is 0 Å². The van der Waals surface area contributed by atoms with Crippen LogP contribution >= 0.6 is 0 Å². The van der Waals surface area contributed by atoms with Crippen LogP contribution in [0.4, 0.5) is 8.78 Å². The zero-order valence-corrected chi connectivity index (χ0v) is 11.3. The first-order valence-corrected chi connectivity index (χ1v) is 6.44. The number of alkyl halides is 2. The summed E-state index contributed by atoms with van der Waals surface area (Å²) in [6.45, 7) is 0.0254. The maximum atomic E-state index is 13.0. The second-order valence-electron chi connectivity index (χ2n) is 4.45. The number of rotatable bonds is 5. The highest BCUT2D eigenvalue weighted by molar-refractivity contribution is 5.93. The lowest BCUT2D eigenvalue weighted by atomic mass is 10.0. The average molecular weight is 291 g/mol. The van der Waals surface area contributed by atoms with Crippen molar-refractivity contribution < 1.29 is 18.3 Å². The number of carbonyl (C=O) groups excluding carboxylic acids is 1. The zero-order valence-electron chi connectivity index (χ0n) is 11.3. The smallest absolute Gasteiger partial charge is 0.339 e. The van der Waals surface area contributed by atoms with Gasteiger partial charge in [0.2, 0.25) is 0 Å². The van der Waals surface area contributed by atoms with Gasteiger partial charge in [-0.25, -0.2) is 13.6 Å². The van der Waals surface area contributed by atoms with Gasteiger partial charge in [-0.3, -0.25) is 0 Å². The molecule has 0 saturated carbocycles. The fraction of sp³-hybridized carbons (Fsp3) is 0.188. The predicted octanol–water partition coefficient (Wildman–Crippen LogP) is 3.44. The second-order valence-corrected chi connectivity index (χ2v) is 4.45. The minimum absolute atomic E-state index is 0.00364. The molecule has 2 N–H and O–H groups in total. The Hall–Kier alpha value is -2.27. The molecule has 0 atom stereocenters. The lowest BCUT2D eigenvalue weighted by Gasteiger charge is -2.13. The van der Waals surface area contributed by atoms with Gasteiger partial charge in [-0.2, -0.15) is 0 Å². The van der Waals surface area contributed by atoms with Crippen molar-refractivity contribution in [2.45, 2.75) is 19.6 Å². The van der Waals surface area contributed by atoms with Crippen molar-refractivity contribution in [3.63, 3.8) is 0 Å². The fourth-order valence-electron chi connectivity index (χ4n) is 2.02. The third kappa shape index (κ3) is 3.64. The third-order valence-corrected chi connectivity index (χ3v) is 3.05. The monoisotopic (exact) mass is 291 g/mol. The number of halogens is 2. The van der Waals surface area contributed by atoms with Crippen molar-refractivity contribution in [2.75, 3.05) is 0 Å². The van der Waals surface area contributed by atoms with Crippen molar-refractivity contribution >= 4 is 5.97 Å². The number of ether oxygens (including phenoxy) is 1. The van der Waals surface area contributed by atoms with Crippen LogP contribution in [0.15, 0.2) is 48.5 Å². The van der Waals surface area contributed by atoms with Crippen LogP contribution in [0.25, 0.3) is 0 Å². The largest absolute Gasteiger partial charge is 0.457 e. The molecule has 5 heteroatoms. The van der Waals surface area contributed by atoms with Gasteiger partial charge in [0.05, 0.1) is 5.56 Å². The molecule has 0 bridgehead atoms. The van der Waals surface area contributed by atoms with E-state index >= 15 is 0 Å². The zero-order chi connectivity index (χ0) is 15.2. The Labute approximate surface area is 121 Å². The summed E-state index contributed by atoms with van der Waals surface area (Å²) in [7, 11) is 0. The van der Waals surface area contributed by atoms with E-state index in [0.29, 0.717) is 5.56 Å². The lowest BCUT2D eigenvalue weighted by Crippen LogP contribution is -2.14. The molecule has 3 nitrogen and oxygen atoms in total. The maximum absolute atomic E-state index is 13.0. The number of hydrogen-bond donors (Lipinski definition) is 1. The summed E-state index contributed by atoms with van der Waals surface area (Å²) in [6, 6.07) is 13.2. The molecule has 0 heterocycles. The lowest BCUT2D eigenvalue weighted by molar-refractivity contribution is 0.0461. The summed E-state index contributed by atoms with van der Waals surface area (Å²) in [5.74, 6) is -0.782. The van der Waals surface area contributed by atoms with Crippen LogP contribution in [0.5, 0.6) is 0 Å². The Morgan fingerprint density at radius 1 is 1.10 bits per heavy atom. The van der Waals surface area contributed by atoms with Gasteiger partial charge in [0.25, 0.3) is 6.43 Å². The Morgan fingerprint density at radius 2 is 1.81 bits per heavy atom. The van der Waals surface area contributed by atoms with E-state index < -0.39 is 12.4 Å². The third-order valence-electron chi connectivity index (χ3n) is 3.05. The van der Waals surface area contributed by atoms with E-state index in [9.17, 15) is 13.6 Å². The van der Waals surface area contributed by atoms with Crippen molar-refractivity contribution in [1.29, 1.82) is 0 Å². The van der Waals surface area contributed by atoms with Gasteiger partial charge < -0.3 is 10.5 Å². The van der Waals surface area contributed by atoms with Crippen LogP contribution in [0.2, 0.25) is 0 Å². The Morgan fingerprint density at radius 3 is 2.43 bits per heavy atom. The predicted molar refractivity (Wildman–Crippen MR) is 74.9 cm³/mol. The molecule has 0 aliphatic rings. The van der Waals surface area contributed by atoms with Crippen LogP contribution in [-0.4, -0.2) is 5.97 Å². The molecule has 0 aliphatic carbocycles. The van der Waals surface area contributed by atoms with Crippen molar-refractivity contribution in [3.8, 4) is 0 Å². The SMILES string of the molecule is NCc1cccc(C(F)F)c1C(=O)OCc1ccccc1. The molecule has 0 radical (unpaired) electrons. The van der Waals surface area contributed by atoms with Gasteiger partial charge in [0.15, 0.2) is 0 Å². The highest BCUT2D eigenvalue weighted by Gasteiger charge is 2.22. The van der Waals surface area contributed by atoms with Crippen LogP contribution in [0.1, 0.15) is 33.5 Å². The highest BCUT2D eigenvalue weighted by Crippen LogP contribution is 2.26. The van der Waals surface area contributed by atoms with Crippen LogP contribution < -0.4 is 5.73 Å². The number of esters is 1. The summed E-state index contributed by atoms with van der Waals surface area (Å²) in [4.78, 5) is 12.1. The molecular weight excluding hydrogens is 276 g/mol. The summed E-state index contributed by atoms with van der Waals surface area (Å²) in [6.07, 6.45) is -2.75. The second kappa shape index (κ2) is 6.95. The van der Waals surface area contributed by atoms with Gasteiger partial charge in [-0.05, 0) is 11.1 Å². The van der Waals surface area contributed by atoms with Gasteiger partial charge in [-0.1, -0.05) is 48.5 Å². The van der Waals surface area contributed by atoms with Crippen molar-refractivity contribution in [1.82, 2.24) is 0 Å².